The topological polar surface area (TPSA) is 63.2 Å². The molecule has 0 bridgehead atoms. The van der Waals surface area contributed by atoms with Gasteiger partial charge in [-0.1, -0.05) is 43.9 Å². The highest BCUT2D eigenvalue weighted by atomic mass is 32.2. The van der Waals surface area contributed by atoms with Crippen LogP contribution in [-0.2, 0) is 26.6 Å². The van der Waals surface area contributed by atoms with Gasteiger partial charge >= 0.3 is 6.18 Å². The summed E-state index contributed by atoms with van der Waals surface area (Å²) in [4.78, 5) is 12.3. The molecule has 4 nitrogen and oxygen atoms in total. The number of sulfone groups is 1. The van der Waals surface area contributed by atoms with Gasteiger partial charge in [0.15, 0.2) is 9.84 Å². The summed E-state index contributed by atoms with van der Waals surface area (Å²) in [7, 11) is -3.91. The van der Waals surface area contributed by atoms with E-state index < -0.39 is 38.5 Å². The molecule has 1 aromatic carbocycles. The standard InChI is InChI=1S/C18H24F3NO3S/c1-13(17(23)22-16-9-4-2-3-5-10-16)26(24,25)12-14-7-6-8-15(11-14)18(19,20)21/h6-8,11,13,16H,2-5,9-10,12H2,1H3,(H,22,23). The Balaban J connectivity index is 2.05. The zero-order chi connectivity index (χ0) is 19.4. The van der Waals surface area contributed by atoms with E-state index in [-0.39, 0.29) is 11.6 Å². The van der Waals surface area contributed by atoms with E-state index in [1.165, 1.54) is 19.1 Å². The van der Waals surface area contributed by atoms with Gasteiger partial charge in [-0.25, -0.2) is 8.42 Å². The van der Waals surface area contributed by atoms with Crippen molar-refractivity contribution in [3.63, 3.8) is 0 Å². The van der Waals surface area contributed by atoms with Crippen LogP contribution < -0.4 is 5.32 Å². The average Bonchev–Trinajstić information content (AvgIpc) is 2.81. The maximum Gasteiger partial charge on any atom is 0.416 e. The SMILES string of the molecule is CC(C(=O)NC1CCCCCC1)S(=O)(=O)Cc1cccc(C(F)(F)F)c1. The van der Waals surface area contributed by atoms with Gasteiger partial charge in [-0.2, -0.15) is 13.2 Å². The highest BCUT2D eigenvalue weighted by molar-refractivity contribution is 7.92. The lowest BCUT2D eigenvalue weighted by Crippen LogP contribution is -2.43. The molecule has 1 atom stereocenters. The lowest BCUT2D eigenvalue weighted by molar-refractivity contribution is -0.137. The summed E-state index contributed by atoms with van der Waals surface area (Å²) < 4.78 is 63.2. The normalized spacial score (nSPS) is 18.2. The fraction of sp³-hybridized carbons (Fsp3) is 0.611. The van der Waals surface area contributed by atoms with Crippen LogP contribution in [0.5, 0.6) is 0 Å². The minimum Gasteiger partial charge on any atom is -0.352 e. The van der Waals surface area contributed by atoms with Crippen LogP contribution in [0.2, 0.25) is 0 Å². The molecule has 0 saturated heterocycles. The molecule has 1 fully saturated rings. The van der Waals surface area contributed by atoms with Crippen molar-refractivity contribution in [3.05, 3.63) is 35.4 Å². The van der Waals surface area contributed by atoms with E-state index in [1.807, 2.05) is 0 Å². The third-order valence-electron chi connectivity index (χ3n) is 4.73. The number of halogens is 3. The predicted molar refractivity (Wildman–Crippen MR) is 93.2 cm³/mol. The molecule has 0 aliphatic heterocycles. The summed E-state index contributed by atoms with van der Waals surface area (Å²) in [6, 6.07) is 4.16. The van der Waals surface area contributed by atoms with E-state index in [9.17, 15) is 26.4 Å². The summed E-state index contributed by atoms with van der Waals surface area (Å²) in [5, 5.41) is 1.48. The van der Waals surface area contributed by atoms with E-state index in [2.05, 4.69) is 5.32 Å². The second-order valence-electron chi connectivity index (χ2n) is 6.84. The first-order chi connectivity index (χ1) is 12.1. The van der Waals surface area contributed by atoms with Crippen molar-refractivity contribution in [1.29, 1.82) is 0 Å². The molecule has 8 heteroatoms. The molecule has 0 aromatic heterocycles. The quantitative estimate of drug-likeness (QED) is 0.776. The smallest absolute Gasteiger partial charge is 0.352 e. The molecule has 1 aromatic rings. The van der Waals surface area contributed by atoms with Gasteiger partial charge in [0, 0.05) is 6.04 Å². The van der Waals surface area contributed by atoms with E-state index in [0.717, 1.165) is 50.7 Å². The first kappa shape index (κ1) is 20.7. The molecule has 0 radical (unpaired) electrons. The van der Waals surface area contributed by atoms with Crippen LogP contribution in [0.1, 0.15) is 56.6 Å². The van der Waals surface area contributed by atoms with Crippen LogP contribution in [0.4, 0.5) is 13.2 Å². The Morgan fingerprint density at radius 2 is 1.81 bits per heavy atom. The molecule has 1 amide bonds. The van der Waals surface area contributed by atoms with Crippen molar-refractivity contribution < 1.29 is 26.4 Å². The third-order valence-corrected chi connectivity index (χ3v) is 6.76. The van der Waals surface area contributed by atoms with Gasteiger partial charge in [-0.05, 0) is 31.4 Å². The van der Waals surface area contributed by atoms with Gasteiger partial charge in [0.25, 0.3) is 0 Å². The summed E-state index contributed by atoms with van der Waals surface area (Å²) in [6.45, 7) is 1.29. The Labute approximate surface area is 152 Å². The first-order valence-electron chi connectivity index (χ1n) is 8.77. The van der Waals surface area contributed by atoms with E-state index in [0.29, 0.717) is 0 Å². The van der Waals surface area contributed by atoms with E-state index in [1.54, 1.807) is 0 Å². The van der Waals surface area contributed by atoms with E-state index >= 15 is 0 Å². The van der Waals surface area contributed by atoms with E-state index in [4.69, 9.17) is 0 Å². The van der Waals surface area contributed by atoms with Gasteiger partial charge < -0.3 is 5.32 Å². The first-order valence-corrected chi connectivity index (χ1v) is 10.5. The zero-order valence-electron chi connectivity index (χ0n) is 14.7. The Kier molecular flexibility index (Phi) is 6.71. The summed E-state index contributed by atoms with van der Waals surface area (Å²) in [6.07, 6.45) is 1.32. The van der Waals surface area contributed by atoms with Gasteiger partial charge in [-0.3, -0.25) is 4.79 Å². The van der Waals surface area contributed by atoms with Crippen LogP contribution in [0.25, 0.3) is 0 Å². The highest BCUT2D eigenvalue weighted by Gasteiger charge is 2.32. The van der Waals surface area contributed by atoms with Gasteiger partial charge in [0.2, 0.25) is 5.91 Å². The maximum absolute atomic E-state index is 12.8. The van der Waals surface area contributed by atoms with Crippen LogP contribution >= 0.6 is 0 Å². The minimum atomic E-state index is -4.54. The number of amides is 1. The van der Waals surface area contributed by atoms with Crippen LogP contribution in [0, 0.1) is 0 Å². The highest BCUT2D eigenvalue weighted by Crippen LogP contribution is 2.30. The molecule has 1 aliphatic carbocycles. The maximum atomic E-state index is 12.8. The number of benzene rings is 1. The van der Waals surface area contributed by atoms with Crippen LogP contribution in [0.15, 0.2) is 24.3 Å². The van der Waals surface area contributed by atoms with Crippen LogP contribution in [0.3, 0.4) is 0 Å². The molecule has 1 unspecified atom stereocenters. The zero-order valence-corrected chi connectivity index (χ0v) is 15.5. The number of nitrogens with one attached hydrogen (secondary N) is 1. The van der Waals surface area contributed by atoms with Crippen LogP contribution in [-0.4, -0.2) is 25.6 Å². The Morgan fingerprint density at radius 3 is 2.38 bits per heavy atom. The number of hydrogen-bond acceptors (Lipinski definition) is 3. The molecule has 2 rings (SSSR count). The largest absolute Gasteiger partial charge is 0.416 e. The second-order valence-corrected chi connectivity index (χ2v) is 9.17. The summed E-state index contributed by atoms with van der Waals surface area (Å²) in [5.74, 6) is -1.18. The molecule has 1 N–H and O–H groups in total. The van der Waals surface area contributed by atoms with Gasteiger partial charge in [-0.15, -0.1) is 0 Å². The number of carbonyl (C=O) groups excluding carboxylic acids is 1. The van der Waals surface area contributed by atoms with Crippen molar-refractivity contribution in [2.75, 3.05) is 0 Å². The Morgan fingerprint density at radius 1 is 1.19 bits per heavy atom. The number of rotatable bonds is 5. The molecule has 0 spiro atoms. The summed E-state index contributed by atoms with van der Waals surface area (Å²) >= 11 is 0. The lowest BCUT2D eigenvalue weighted by atomic mass is 10.1. The molecule has 146 valence electrons. The van der Waals surface area contributed by atoms with Gasteiger partial charge in [0.05, 0.1) is 11.3 Å². The molecule has 1 aliphatic rings. The molecule has 0 heterocycles. The molecule has 1 saturated carbocycles. The Hall–Kier alpha value is -1.57. The molecule has 26 heavy (non-hydrogen) atoms. The lowest BCUT2D eigenvalue weighted by Gasteiger charge is -2.20. The van der Waals surface area contributed by atoms with Crippen molar-refractivity contribution in [2.45, 2.75) is 68.7 Å². The number of carbonyl (C=O) groups is 1. The van der Waals surface area contributed by atoms with Crippen molar-refractivity contribution in [2.24, 2.45) is 0 Å². The third kappa shape index (κ3) is 5.72. The Bertz CT molecular complexity index is 723. The van der Waals surface area contributed by atoms with Gasteiger partial charge in [0.1, 0.15) is 5.25 Å². The number of hydrogen-bond donors (Lipinski definition) is 1. The monoisotopic (exact) mass is 391 g/mol. The van der Waals surface area contributed by atoms with Crippen molar-refractivity contribution in [3.8, 4) is 0 Å². The second kappa shape index (κ2) is 8.41. The predicted octanol–water partition coefficient (Wildman–Crippen LogP) is 3.85. The fourth-order valence-corrected chi connectivity index (χ4v) is 4.39. The average molecular weight is 391 g/mol. The fourth-order valence-electron chi connectivity index (χ4n) is 3.10. The molecular formula is C18H24F3NO3S. The van der Waals surface area contributed by atoms with Crippen molar-refractivity contribution >= 4 is 15.7 Å². The minimum absolute atomic E-state index is 0.0222. The molecular weight excluding hydrogens is 367 g/mol. The number of alkyl halides is 3. The van der Waals surface area contributed by atoms with Crippen molar-refractivity contribution in [1.82, 2.24) is 5.32 Å². The summed E-state index contributed by atoms with van der Waals surface area (Å²) in [5.41, 5.74) is -0.880.